The van der Waals surface area contributed by atoms with Crippen LogP contribution in [0.5, 0.6) is 0 Å². The van der Waals surface area contributed by atoms with E-state index in [1.54, 1.807) is 36.8 Å². The van der Waals surface area contributed by atoms with Gasteiger partial charge < -0.3 is 5.73 Å². The van der Waals surface area contributed by atoms with Gasteiger partial charge in [0.15, 0.2) is 0 Å². The summed E-state index contributed by atoms with van der Waals surface area (Å²) >= 11 is 0. The molecule has 0 aromatic carbocycles. The molecule has 4 fully saturated rings. The molecule has 110 valence electrons. The van der Waals surface area contributed by atoms with Crippen molar-refractivity contribution in [2.75, 3.05) is 5.73 Å². The van der Waals surface area contributed by atoms with Crippen LogP contribution >= 0.6 is 0 Å². The standard InChI is InChI=1S/C17H27N3/c1-20-17(18)10-15(19-20)3-2-4-16-13-6-11-5-12(8-13)9-14(16)7-11/h10-14,16H,2-9,18H2,1H3. The summed E-state index contributed by atoms with van der Waals surface area (Å²) in [5, 5.41) is 4.48. The first-order valence-corrected chi connectivity index (χ1v) is 8.47. The van der Waals surface area contributed by atoms with Gasteiger partial charge in [-0.05, 0) is 81.0 Å². The number of aromatic nitrogens is 2. The zero-order valence-corrected chi connectivity index (χ0v) is 12.6. The van der Waals surface area contributed by atoms with Gasteiger partial charge in [-0.15, -0.1) is 0 Å². The molecule has 1 aromatic heterocycles. The summed E-state index contributed by atoms with van der Waals surface area (Å²) in [5.41, 5.74) is 7.03. The Bertz CT molecular complexity index is 443. The Morgan fingerprint density at radius 3 is 2.35 bits per heavy atom. The number of nitrogen functional groups attached to an aromatic ring is 1. The summed E-state index contributed by atoms with van der Waals surface area (Å²) < 4.78 is 1.79. The number of rotatable bonds is 4. The summed E-state index contributed by atoms with van der Waals surface area (Å²) in [6.45, 7) is 0. The average Bonchev–Trinajstić information content (AvgIpc) is 2.71. The number of nitrogens with two attached hydrogens (primary N) is 1. The molecule has 0 spiro atoms. The van der Waals surface area contributed by atoms with E-state index in [4.69, 9.17) is 5.73 Å². The van der Waals surface area contributed by atoms with Gasteiger partial charge in [0, 0.05) is 13.1 Å². The van der Waals surface area contributed by atoms with Crippen molar-refractivity contribution in [3.05, 3.63) is 11.8 Å². The van der Waals surface area contributed by atoms with E-state index in [0.717, 1.165) is 41.8 Å². The second-order valence-corrected chi connectivity index (χ2v) is 7.67. The molecule has 1 aromatic rings. The highest BCUT2D eigenvalue weighted by Crippen LogP contribution is 2.57. The first-order chi connectivity index (χ1) is 9.69. The lowest BCUT2D eigenvalue weighted by Gasteiger charge is -2.54. The van der Waals surface area contributed by atoms with Gasteiger partial charge in [0.25, 0.3) is 0 Å². The van der Waals surface area contributed by atoms with Gasteiger partial charge in [0.05, 0.1) is 5.69 Å². The highest BCUT2D eigenvalue weighted by atomic mass is 15.3. The van der Waals surface area contributed by atoms with Crippen LogP contribution in [0.2, 0.25) is 0 Å². The molecule has 2 N–H and O–H groups in total. The zero-order chi connectivity index (χ0) is 13.7. The van der Waals surface area contributed by atoms with E-state index < -0.39 is 0 Å². The van der Waals surface area contributed by atoms with Crippen molar-refractivity contribution in [1.82, 2.24) is 9.78 Å². The number of hydrogen-bond acceptors (Lipinski definition) is 2. The zero-order valence-electron chi connectivity index (χ0n) is 12.6. The Kier molecular flexibility index (Phi) is 3.04. The fourth-order valence-electron chi connectivity index (χ4n) is 5.69. The van der Waals surface area contributed by atoms with E-state index in [-0.39, 0.29) is 0 Å². The van der Waals surface area contributed by atoms with Gasteiger partial charge in [-0.1, -0.05) is 0 Å². The quantitative estimate of drug-likeness (QED) is 0.913. The molecule has 5 rings (SSSR count). The van der Waals surface area contributed by atoms with E-state index in [2.05, 4.69) is 5.10 Å². The predicted octanol–water partition coefficient (Wildman–Crippen LogP) is 3.40. The fraction of sp³-hybridized carbons (Fsp3) is 0.824. The first kappa shape index (κ1) is 12.7. The van der Waals surface area contributed by atoms with Crippen molar-refractivity contribution in [3.63, 3.8) is 0 Å². The summed E-state index contributed by atoms with van der Waals surface area (Å²) in [5.74, 6) is 6.16. The van der Waals surface area contributed by atoms with Gasteiger partial charge in [0.2, 0.25) is 0 Å². The van der Waals surface area contributed by atoms with Crippen molar-refractivity contribution in [3.8, 4) is 0 Å². The van der Waals surface area contributed by atoms with Crippen molar-refractivity contribution in [2.24, 2.45) is 36.6 Å². The maximum atomic E-state index is 5.85. The molecular weight excluding hydrogens is 246 g/mol. The third kappa shape index (κ3) is 2.15. The highest BCUT2D eigenvalue weighted by molar-refractivity contribution is 5.30. The summed E-state index contributed by atoms with van der Waals surface area (Å²) in [6.07, 6.45) is 11.6. The van der Waals surface area contributed by atoms with Crippen LogP contribution in [0, 0.1) is 29.6 Å². The SMILES string of the molecule is Cn1nc(CCCC2C3CC4CC(C3)CC2C4)cc1N. The van der Waals surface area contributed by atoms with E-state index >= 15 is 0 Å². The second kappa shape index (κ2) is 4.78. The summed E-state index contributed by atoms with van der Waals surface area (Å²) in [7, 11) is 1.93. The van der Waals surface area contributed by atoms with Crippen LogP contribution in [0.3, 0.4) is 0 Å². The third-order valence-corrected chi connectivity index (χ3v) is 6.36. The predicted molar refractivity (Wildman–Crippen MR) is 81.1 cm³/mol. The van der Waals surface area contributed by atoms with E-state index in [0.29, 0.717) is 0 Å². The van der Waals surface area contributed by atoms with Gasteiger partial charge in [-0.2, -0.15) is 5.10 Å². The van der Waals surface area contributed by atoms with Crippen LogP contribution in [-0.4, -0.2) is 9.78 Å². The summed E-state index contributed by atoms with van der Waals surface area (Å²) in [4.78, 5) is 0. The van der Waals surface area contributed by atoms with E-state index in [1.165, 1.54) is 18.5 Å². The minimum atomic E-state index is 0.787. The van der Waals surface area contributed by atoms with Crippen molar-refractivity contribution < 1.29 is 0 Å². The number of nitrogens with zero attached hydrogens (tertiary/aromatic N) is 2. The van der Waals surface area contributed by atoms with Crippen LogP contribution < -0.4 is 5.73 Å². The topological polar surface area (TPSA) is 43.8 Å². The van der Waals surface area contributed by atoms with Crippen LogP contribution in [0.15, 0.2) is 6.07 Å². The molecule has 0 radical (unpaired) electrons. The van der Waals surface area contributed by atoms with Crippen molar-refractivity contribution >= 4 is 5.82 Å². The van der Waals surface area contributed by atoms with Crippen LogP contribution in [0.1, 0.15) is 50.6 Å². The number of hydrogen-bond donors (Lipinski definition) is 1. The lowest BCUT2D eigenvalue weighted by Crippen LogP contribution is -2.45. The smallest absolute Gasteiger partial charge is 0.121 e. The van der Waals surface area contributed by atoms with Gasteiger partial charge in [-0.3, -0.25) is 4.68 Å². The van der Waals surface area contributed by atoms with Crippen LogP contribution in [0.25, 0.3) is 0 Å². The lowest BCUT2D eigenvalue weighted by molar-refractivity contribution is -0.0402. The Labute approximate surface area is 121 Å². The molecule has 0 saturated heterocycles. The summed E-state index contributed by atoms with van der Waals surface area (Å²) in [6, 6.07) is 2.04. The molecule has 0 amide bonds. The third-order valence-electron chi connectivity index (χ3n) is 6.36. The fourth-order valence-corrected chi connectivity index (χ4v) is 5.69. The molecule has 0 unspecified atom stereocenters. The molecule has 4 saturated carbocycles. The lowest BCUT2D eigenvalue weighted by atomic mass is 9.51. The van der Waals surface area contributed by atoms with Crippen molar-refractivity contribution in [2.45, 2.75) is 51.4 Å². The second-order valence-electron chi connectivity index (χ2n) is 7.67. The average molecular weight is 273 g/mol. The Hall–Kier alpha value is -0.990. The molecule has 0 aliphatic heterocycles. The number of anilines is 1. The molecule has 4 aliphatic carbocycles. The maximum absolute atomic E-state index is 5.85. The Morgan fingerprint density at radius 2 is 1.80 bits per heavy atom. The Morgan fingerprint density at radius 1 is 1.15 bits per heavy atom. The highest BCUT2D eigenvalue weighted by Gasteiger charge is 2.47. The first-order valence-electron chi connectivity index (χ1n) is 8.47. The Balaban J connectivity index is 1.33. The maximum Gasteiger partial charge on any atom is 0.121 e. The van der Waals surface area contributed by atoms with Crippen LogP contribution in [-0.2, 0) is 13.5 Å². The molecule has 20 heavy (non-hydrogen) atoms. The van der Waals surface area contributed by atoms with Gasteiger partial charge in [0.1, 0.15) is 5.82 Å². The molecule has 4 aliphatic rings. The van der Waals surface area contributed by atoms with E-state index in [1.807, 2.05) is 13.1 Å². The molecule has 3 nitrogen and oxygen atoms in total. The minimum Gasteiger partial charge on any atom is -0.384 e. The van der Waals surface area contributed by atoms with Crippen LogP contribution in [0.4, 0.5) is 5.82 Å². The van der Waals surface area contributed by atoms with Crippen molar-refractivity contribution in [1.29, 1.82) is 0 Å². The largest absolute Gasteiger partial charge is 0.384 e. The molecule has 0 atom stereocenters. The van der Waals surface area contributed by atoms with Gasteiger partial charge >= 0.3 is 0 Å². The molecule has 1 heterocycles. The molecule has 4 bridgehead atoms. The normalized spacial score (nSPS) is 38.5. The minimum absolute atomic E-state index is 0.787. The monoisotopic (exact) mass is 273 g/mol. The number of aryl methyl sites for hydroxylation is 2. The van der Waals surface area contributed by atoms with E-state index in [9.17, 15) is 0 Å². The molecular formula is C17H27N3. The van der Waals surface area contributed by atoms with Gasteiger partial charge in [-0.25, -0.2) is 0 Å². The molecule has 3 heteroatoms.